The summed E-state index contributed by atoms with van der Waals surface area (Å²) in [7, 11) is 0. The number of rotatable bonds is 5. The molecule has 5 heteroatoms. The SMILES string of the molecule is CC(NC(=O)Cc1ccccc1C(=O)O)c1cccnc1. The van der Waals surface area contributed by atoms with Crippen LogP contribution in [-0.4, -0.2) is 22.0 Å². The van der Waals surface area contributed by atoms with Gasteiger partial charge in [0, 0.05) is 12.4 Å². The van der Waals surface area contributed by atoms with E-state index in [0.29, 0.717) is 5.56 Å². The maximum absolute atomic E-state index is 12.0. The molecule has 0 aliphatic heterocycles. The molecule has 1 aromatic heterocycles. The van der Waals surface area contributed by atoms with Gasteiger partial charge in [-0.3, -0.25) is 9.78 Å². The Morgan fingerprint density at radius 3 is 2.67 bits per heavy atom. The second kappa shape index (κ2) is 6.65. The number of nitrogens with one attached hydrogen (secondary N) is 1. The monoisotopic (exact) mass is 284 g/mol. The van der Waals surface area contributed by atoms with Crippen molar-refractivity contribution < 1.29 is 14.7 Å². The fourth-order valence-corrected chi connectivity index (χ4v) is 2.06. The standard InChI is InChI=1S/C16H16N2O3/c1-11(13-6-4-8-17-10-13)18-15(19)9-12-5-2-3-7-14(12)16(20)21/h2-8,10-11H,9H2,1H3,(H,18,19)(H,20,21). The van der Waals surface area contributed by atoms with Crippen LogP contribution in [0, 0.1) is 0 Å². The van der Waals surface area contributed by atoms with Crippen LogP contribution in [0.15, 0.2) is 48.8 Å². The zero-order chi connectivity index (χ0) is 15.2. The van der Waals surface area contributed by atoms with Crippen LogP contribution in [0.3, 0.4) is 0 Å². The van der Waals surface area contributed by atoms with Crippen LogP contribution in [0.5, 0.6) is 0 Å². The van der Waals surface area contributed by atoms with Gasteiger partial charge in [-0.05, 0) is 30.2 Å². The number of carbonyl (C=O) groups excluding carboxylic acids is 1. The Hall–Kier alpha value is -2.69. The number of nitrogens with zero attached hydrogens (tertiary/aromatic N) is 1. The molecule has 0 aliphatic carbocycles. The molecule has 0 fully saturated rings. The van der Waals surface area contributed by atoms with E-state index in [2.05, 4.69) is 10.3 Å². The van der Waals surface area contributed by atoms with Crippen LogP contribution >= 0.6 is 0 Å². The fourth-order valence-electron chi connectivity index (χ4n) is 2.06. The number of amides is 1. The summed E-state index contributed by atoms with van der Waals surface area (Å²) in [5.74, 6) is -1.25. The zero-order valence-corrected chi connectivity index (χ0v) is 11.6. The Morgan fingerprint density at radius 1 is 1.24 bits per heavy atom. The first-order valence-corrected chi connectivity index (χ1v) is 6.58. The minimum Gasteiger partial charge on any atom is -0.478 e. The third-order valence-electron chi connectivity index (χ3n) is 3.16. The largest absolute Gasteiger partial charge is 0.478 e. The Labute approximate surface area is 122 Å². The van der Waals surface area contributed by atoms with E-state index in [9.17, 15) is 9.59 Å². The van der Waals surface area contributed by atoms with Crippen LogP contribution < -0.4 is 5.32 Å². The van der Waals surface area contributed by atoms with Gasteiger partial charge in [-0.2, -0.15) is 0 Å². The number of hydrogen-bond donors (Lipinski definition) is 2. The average Bonchev–Trinajstić information content (AvgIpc) is 2.48. The van der Waals surface area contributed by atoms with Crippen molar-refractivity contribution in [3.63, 3.8) is 0 Å². The molecule has 2 rings (SSSR count). The molecule has 1 atom stereocenters. The van der Waals surface area contributed by atoms with Crippen molar-refractivity contribution in [3.8, 4) is 0 Å². The molecule has 1 aromatic carbocycles. The molecule has 1 unspecified atom stereocenters. The van der Waals surface area contributed by atoms with E-state index in [1.165, 1.54) is 6.07 Å². The van der Waals surface area contributed by atoms with Gasteiger partial charge < -0.3 is 10.4 Å². The molecule has 0 spiro atoms. The average molecular weight is 284 g/mol. The van der Waals surface area contributed by atoms with E-state index in [1.54, 1.807) is 36.7 Å². The van der Waals surface area contributed by atoms with Crippen molar-refractivity contribution >= 4 is 11.9 Å². The van der Waals surface area contributed by atoms with E-state index < -0.39 is 5.97 Å². The van der Waals surface area contributed by atoms with E-state index in [-0.39, 0.29) is 23.9 Å². The summed E-state index contributed by atoms with van der Waals surface area (Å²) < 4.78 is 0. The molecular weight excluding hydrogens is 268 g/mol. The van der Waals surface area contributed by atoms with Crippen molar-refractivity contribution in [1.82, 2.24) is 10.3 Å². The number of aromatic nitrogens is 1. The highest BCUT2D eigenvalue weighted by Crippen LogP contribution is 2.12. The second-order valence-electron chi connectivity index (χ2n) is 4.71. The lowest BCUT2D eigenvalue weighted by Gasteiger charge is -2.14. The molecule has 0 aliphatic rings. The maximum atomic E-state index is 12.0. The predicted molar refractivity (Wildman–Crippen MR) is 77.9 cm³/mol. The van der Waals surface area contributed by atoms with Crippen molar-refractivity contribution in [2.45, 2.75) is 19.4 Å². The van der Waals surface area contributed by atoms with Gasteiger partial charge >= 0.3 is 5.97 Å². The Balaban J connectivity index is 2.04. The molecule has 21 heavy (non-hydrogen) atoms. The topological polar surface area (TPSA) is 79.3 Å². The molecule has 0 saturated heterocycles. The summed E-state index contributed by atoms with van der Waals surface area (Å²) >= 11 is 0. The fraction of sp³-hybridized carbons (Fsp3) is 0.188. The van der Waals surface area contributed by atoms with Crippen molar-refractivity contribution in [2.24, 2.45) is 0 Å². The molecule has 5 nitrogen and oxygen atoms in total. The Bertz CT molecular complexity index is 641. The number of carboxylic acids is 1. The Kier molecular flexibility index (Phi) is 4.66. The minimum atomic E-state index is -1.03. The summed E-state index contributed by atoms with van der Waals surface area (Å²) in [6, 6.07) is 10.0. The number of hydrogen-bond acceptors (Lipinski definition) is 3. The highest BCUT2D eigenvalue weighted by atomic mass is 16.4. The lowest BCUT2D eigenvalue weighted by molar-refractivity contribution is -0.121. The van der Waals surface area contributed by atoms with Gasteiger partial charge in [-0.1, -0.05) is 24.3 Å². The molecular formula is C16H16N2O3. The van der Waals surface area contributed by atoms with E-state index in [0.717, 1.165) is 5.56 Å². The zero-order valence-electron chi connectivity index (χ0n) is 11.6. The molecule has 0 saturated carbocycles. The highest BCUT2D eigenvalue weighted by molar-refractivity contribution is 5.91. The van der Waals surface area contributed by atoms with Gasteiger partial charge in [0.25, 0.3) is 0 Å². The first-order valence-electron chi connectivity index (χ1n) is 6.58. The third kappa shape index (κ3) is 3.89. The van der Waals surface area contributed by atoms with Crippen molar-refractivity contribution in [1.29, 1.82) is 0 Å². The molecule has 1 heterocycles. The lowest BCUT2D eigenvalue weighted by atomic mass is 10.0. The third-order valence-corrected chi connectivity index (χ3v) is 3.16. The molecule has 2 aromatic rings. The summed E-state index contributed by atoms with van der Waals surface area (Å²) in [5, 5.41) is 11.9. The first kappa shape index (κ1) is 14.7. The number of benzene rings is 1. The van der Waals surface area contributed by atoms with Gasteiger partial charge in [0.2, 0.25) is 5.91 Å². The Morgan fingerprint density at radius 2 is 2.00 bits per heavy atom. The van der Waals surface area contributed by atoms with Gasteiger partial charge in [0.15, 0.2) is 0 Å². The normalized spacial score (nSPS) is 11.7. The summed E-state index contributed by atoms with van der Waals surface area (Å²) in [4.78, 5) is 27.2. The van der Waals surface area contributed by atoms with Crippen molar-refractivity contribution in [2.75, 3.05) is 0 Å². The summed E-state index contributed by atoms with van der Waals surface area (Å²) in [6.07, 6.45) is 3.39. The number of carboxylic acid groups (broad SMARTS) is 1. The first-order chi connectivity index (χ1) is 10.1. The number of carbonyl (C=O) groups is 2. The molecule has 1 amide bonds. The van der Waals surface area contributed by atoms with Crippen LogP contribution in [0.4, 0.5) is 0 Å². The van der Waals surface area contributed by atoms with Crippen LogP contribution in [0.1, 0.15) is 34.5 Å². The van der Waals surface area contributed by atoms with E-state index in [4.69, 9.17) is 5.11 Å². The second-order valence-corrected chi connectivity index (χ2v) is 4.71. The number of pyridine rings is 1. The lowest BCUT2D eigenvalue weighted by Crippen LogP contribution is -2.28. The molecule has 0 bridgehead atoms. The highest BCUT2D eigenvalue weighted by Gasteiger charge is 2.14. The number of aromatic carboxylic acids is 1. The van der Waals surface area contributed by atoms with Crippen LogP contribution in [0.25, 0.3) is 0 Å². The molecule has 2 N–H and O–H groups in total. The van der Waals surface area contributed by atoms with Gasteiger partial charge in [0.05, 0.1) is 18.0 Å². The quantitative estimate of drug-likeness (QED) is 0.882. The van der Waals surface area contributed by atoms with Crippen LogP contribution in [0.2, 0.25) is 0 Å². The molecule has 0 radical (unpaired) electrons. The molecule has 108 valence electrons. The minimum absolute atomic E-state index is 0.0348. The van der Waals surface area contributed by atoms with Crippen LogP contribution in [-0.2, 0) is 11.2 Å². The summed E-state index contributed by atoms with van der Waals surface area (Å²) in [6.45, 7) is 1.86. The van der Waals surface area contributed by atoms with Crippen molar-refractivity contribution in [3.05, 3.63) is 65.5 Å². The predicted octanol–water partition coefficient (Wildman–Crippen LogP) is 2.20. The smallest absolute Gasteiger partial charge is 0.335 e. The van der Waals surface area contributed by atoms with E-state index >= 15 is 0 Å². The summed E-state index contributed by atoms with van der Waals surface area (Å²) in [5.41, 5.74) is 1.56. The van der Waals surface area contributed by atoms with E-state index in [1.807, 2.05) is 13.0 Å². The maximum Gasteiger partial charge on any atom is 0.335 e. The van der Waals surface area contributed by atoms with Gasteiger partial charge in [-0.15, -0.1) is 0 Å². The van der Waals surface area contributed by atoms with Gasteiger partial charge in [0.1, 0.15) is 0 Å². The van der Waals surface area contributed by atoms with Gasteiger partial charge in [-0.25, -0.2) is 4.79 Å².